The van der Waals surface area contributed by atoms with Crippen LogP contribution < -0.4 is 0 Å². The summed E-state index contributed by atoms with van der Waals surface area (Å²) in [6.07, 6.45) is 4.04. The summed E-state index contributed by atoms with van der Waals surface area (Å²) in [4.78, 5) is 12.2. The molecule has 2 aliphatic rings. The molecule has 0 radical (unpaired) electrons. The highest BCUT2D eigenvalue weighted by atomic mass is 32.2. The number of amidine groups is 1. The summed E-state index contributed by atoms with van der Waals surface area (Å²) >= 11 is 1.88. The van der Waals surface area contributed by atoms with Crippen LogP contribution in [0.4, 0.5) is 0 Å². The van der Waals surface area contributed by atoms with Crippen LogP contribution in [-0.4, -0.2) is 31.4 Å². The Bertz CT molecular complexity index is 1040. The molecule has 3 aromatic rings. The fourth-order valence-corrected chi connectivity index (χ4v) is 5.28. The van der Waals surface area contributed by atoms with E-state index in [0.29, 0.717) is 5.25 Å². The molecule has 0 N–H and O–H groups in total. The lowest BCUT2D eigenvalue weighted by molar-refractivity contribution is 0.312. The van der Waals surface area contributed by atoms with Gasteiger partial charge in [-0.3, -0.25) is 9.98 Å². The Morgan fingerprint density at radius 1 is 1.04 bits per heavy atom. The monoisotopic (exact) mass is 388 g/mol. The van der Waals surface area contributed by atoms with Crippen molar-refractivity contribution in [3.8, 4) is 5.69 Å². The van der Waals surface area contributed by atoms with Crippen LogP contribution >= 0.6 is 11.8 Å². The van der Waals surface area contributed by atoms with Crippen LogP contribution in [0.5, 0.6) is 0 Å². The largest absolute Gasteiger partial charge is 0.339 e. The maximum atomic E-state index is 5.10. The third-order valence-corrected chi connectivity index (χ3v) is 6.84. The highest BCUT2D eigenvalue weighted by Crippen LogP contribution is 2.47. The number of nitrogens with zero attached hydrogens (tertiary/aromatic N) is 4. The van der Waals surface area contributed by atoms with Gasteiger partial charge in [-0.1, -0.05) is 30.8 Å². The minimum Gasteiger partial charge on any atom is -0.339 e. The molecule has 2 aromatic heterocycles. The lowest BCUT2D eigenvalue weighted by Gasteiger charge is -2.28. The van der Waals surface area contributed by atoms with E-state index >= 15 is 0 Å². The standard InChI is InChI=1S/C23H24N4S/c1-15-9-10-18(13-16(15)2)26-12-6-8-20(26)22-21(19-7-4-5-11-24-19)25-23-27(22)14-17(3)28-23/h4-13,17,21-22H,14H2,1-3H3/t17-,21+,22-/m0/s1. The highest BCUT2D eigenvalue weighted by molar-refractivity contribution is 8.14. The summed E-state index contributed by atoms with van der Waals surface area (Å²) < 4.78 is 2.32. The second kappa shape index (κ2) is 6.82. The number of rotatable bonds is 3. The van der Waals surface area contributed by atoms with E-state index in [4.69, 9.17) is 4.99 Å². The zero-order chi connectivity index (χ0) is 19.3. The summed E-state index contributed by atoms with van der Waals surface area (Å²) in [6.45, 7) is 7.64. The van der Waals surface area contributed by atoms with Crippen molar-refractivity contribution in [1.29, 1.82) is 0 Å². The first-order valence-corrected chi connectivity index (χ1v) is 10.7. The van der Waals surface area contributed by atoms with Gasteiger partial charge in [-0.2, -0.15) is 0 Å². The van der Waals surface area contributed by atoms with Crippen LogP contribution in [0.25, 0.3) is 5.69 Å². The van der Waals surface area contributed by atoms with E-state index in [1.54, 1.807) is 0 Å². The molecule has 5 heteroatoms. The summed E-state index contributed by atoms with van der Waals surface area (Å²) in [7, 11) is 0. The molecule has 1 aromatic carbocycles. The molecule has 28 heavy (non-hydrogen) atoms. The predicted octanol–water partition coefficient (Wildman–Crippen LogP) is 5.08. The zero-order valence-electron chi connectivity index (χ0n) is 16.4. The first-order valence-electron chi connectivity index (χ1n) is 9.79. The van der Waals surface area contributed by atoms with Gasteiger partial charge >= 0.3 is 0 Å². The summed E-state index contributed by atoms with van der Waals surface area (Å²) in [5.41, 5.74) is 6.14. The van der Waals surface area contributed by atoms with Crippen molar-refractivity contribution in [1.82, 2.24) is 14.5 Å². The number of benzene rings is 1. The van der Waals surface area contributed by atoms with E-state index in [0.717, 1.165) is 17.4 Å². The van der Waals surface area contributed by atoms with Gasteiger partial charge in [0.2, 0.25) is 0 Å². The fraction of sp³-hybridized carbons (Fsp3) is 0.304. The third kappa shape index (κ3) is 2.85. The molecule has 3 atom stereocenters. The first-order chi connectivity index (χ1) is 13.6. The second-order valence-electron chi connectivity index (χ2n) is 7.71. The minimum atomic E-state index is 0.0244. The third-order valence-electron chi connectivity index (χ3n) is 5.73. The minimum absolute atomic E-state index is 0.0244. The lowest BCUT2D eigenvalue weighted by atomic mass is 10.0. The van der Waals surface area contributed by atoms with Crippen LogP contribution in [0.3, 0.4) is 0 Å². The average molecular weight is 389 g/mol. The molecule has 0 amide bonds. The van der Waals surface area contributed by atoms with Crippen molar-refractivity contribution in [2.24, 2.45) is 4.99 Å². The smallest absolute Gasteiger partial charge is 0.160 e. The van der Waals surface area contributed by atoms with Crippen LogP contribution in [0.2, 0.25) is 0 Å². The highest BCUT2D eigenvalue weighted by Gasteiger charge is 2.44. The van der Waals surface area contributed by atoms with E-state index in [1.165, 1.54) is 22.5 Å². The predicted molar refractivity (Wildman–Crippen MR) is 116 cm³/mol. The molecule has 0 saturated carbocycles. The van der Waals surface area contributed by atoms with Crippen molar-refractivity contribution in [3.63, 3.8) is 0 Å². The van der Waals surface area contributed by atoms with Crippen LogP contribution in [0.1, 0.15) is 41.5 Å². The Morgan fingerprint density at radius 2 is 1.93 bits per heavy atom. The van der Waals surface area contributed by atoms with Crippen LogP contribution in [0.15, 0.2) is 65.9 Å². The van der Waals surface area contributed by atoms with Crippen molar-refractivity contribution in [2.75, 3.05) is 6.54 Å². The van der Waals surface area contributed by atoms with Gasteiger partial charge in [0.1, 0.15) is 6.04 Å². The van der Waals surface area contributed by atoms with Gasteiger partial charge in [0.05, 0.1) is 11.7 Å². The van der Waals surface area contributed by atoms with Crippen molar-refractivity contribution < 1.29 is 0 Å². The van der Waals surface area contributed by atoms with Crippen LogP contribution in [0, 0.1) is 13.8 Å². The number of hydrogen-bond acceptors (Lipinski definition) is 4. The molecule has 5 rings (SSSR count). The van der Waals surface area contributed by atoms with E-state index < -0.39 is 0 Å². The molecule has 0 bridgehead atoms. The SMILES string of the molecule is Cc1ccc(-n2cccc2[C@H]2[C@@H](c3ccccn3)N=C3S[C@@H](C)CN32)cc1C. The Balaban J connectivity index is 1.61. The molecule has 4 nitrogen and oxygen atoms in total. The number of fused-ring (bicyclic) bond motifs is 1. The molecule has 142 valence electrons. The number of aromatic nitrogens is 2. The normalized spacial score (nSPS) is 23.8. The molecular formula is C23H24N4S. The van der Waals surface area contributed by atoms with Gasteiger partial charge < -0.3 is 9.47 Å². The Hall–Kier alpha value is -2.53. The maximum Gasteiger partial charge on any atom is 0.160 e. The van der Waals surface area contributed by atoms with Gasteiger partial charge in [-0.25, -0.2) is 0 Å². The first kappa shape index (κ1) is 17.6. The molecule has 0 aliphatic carbocycles. The number of thioether (sulfide) groups is 1. The Labute approximate surface area is 170 Å². The molecule has 1 fully saturated rings. The topological polar surface area (TPSA) is 33.4 Å². The van der Waals surface area contributed by atoms with Crippen molar-refractivity contribution in [3.05, 3.63) is 83.4 Å². The van der Waals surface area contributed by atoms with Crippen molar-refractivity contribution in [2.45, 2.75) is 38.1 Å². The van der Waals surface area contributed by atoms with E-state index in [-0.39, 0.29) is 12.1 Å². The van der Waals surface area contributed by atoms with Gasteiger partial charge in [0, 0.05) is 35.6 Å². The van der Waals surface area contributed by atoms with Gasteiger partial charge in [-0.15, -0.1) is 0 Å². The number of hydrogen-bond donors (Lipinski definition) is 0. The molecular weight excluding hydrogens is 364 g/mol. The summed E-state index contributed by atoms with van der Waals surface area (Å²) in [6, 6.07) is 17.4. The van der Waals surface area contributed by atoms with E-state index in [1.807, 2.05) is 24.0 Å². The van der Waals surface area contributed by atoms with Gasteiger partial charge in [0.25, 0.3) is 0 Å². The van der Waals surface area contributed by atoms with Crippen LogP contribution in [-0.2, 0) is 0 Å². The number of aryl methyl sites for hydroxylation is 2. The van der Waals surface area contributed by atoms with E-state index in [2.05, 4.69) is 83.9 Å². The van der Waals surface area contributed by atoms with Crippen molar-refractivity contribution >= 4 is 16.9 Å². The molecule has 1 saturated heterocycles. The lowest BCUT2D eigenvalue weighted by Crippen LogP contribution is -2.30. The summed E-state index contributed by atoms with van der Waals surface area (Å²) in [5, 5.41) is 1.72. The number of aliphatic imine (C=N–C) groups is 1. The Kier molecular flexibility index (Phi) is 4.27. The average Bonchev–Trinajstić information content (AvgIpc) is 3.38. The van der Waals surface area contributed by atoms with Gasteiger partial charge in [0.15, 0.2) is 5.17 Å². The zero-order valence-corrected chi connectivity index (χ0v) is 17.2. The Morgan fingerprint density at radius 3 is 2.71 bits per heavy atom. The summed E-state index contributed by atoms with van der Waals surface area (Å²) in [5.74, 6) is 0. The molecule has 2 aliphatic heterocycles. The van der Waals surface area contributed by atoms with E-state index in [9.17, 15) is 0 Å². The fourth-order valence-electron chi connectivity index (χ4n) is 4.18. The number of pyridine rings is 1. The maximum absolute atomic E-state index is 5.10. The van der Waals surface area contributed by atoms with Gasteiger partial charge in [-0.05, 0) is 61.4 Å². The second-order valence-corrected chi connectivity index (χ2v) is 9.11. The molecule has 4 heterocycles. The quantitative estimate of drug-likeness (QED) is 0.627. The molecule has 0 unspecified atom stereocenters. The molecule has 0 spiro atoms.